The molecule has 21 heavy (non-hydrogen) atoms. The van der Waals surface area contributed by atoms with Crippen molar-refractivity contribution < 1.29 is 4.74 Å². The van der Waals surface area contributed by atoms with Crippen molar-refractivity contribution in [1.29, 1.82) is 0 Å². The summed E-state index contributed by atoms with van der Waals surface area (Å²) in [6.07, 6.45) is 3.60. The molecule has 2 aromatic rings. The molecule has 0 N–H and O–H groups in total. The SMILES string of the molecule is c1ccc(C(COC2CCCC[N]2)c2ccccc2)cc1. The Morgan fingerprint density at radius 3 is 2.05 bits per heavy atom. The van der Waals surface area contributed by atoms with Gasteiger partial charge in [0.25, 0.3) is 0 Å². The molecule has 0 aromatic heterocycles. The summed E-state index contributed by atoms with van der Waals surface area (Å²) in [6, 6.07) is 21.2. The molecule has 2 heteroatoms. The van der Waals surface area contributed by atoms with Crippen LogP contribution in [0.15, 0.2) is 60.7 Å². The highest BCUT2D eigenvalue weighted by molar-refractivity contribution is 5.32. The second-order valence-corrected chi connectivity index (χ2v) is 5.56. The molecule has 1 radical (unpaired) electrons. The first-order valence-electron chi connectivity index (χ1n) is 7.81. The molecule has 0 saturated carbocycles. The van der Waals surface area contributed by atoms with Crippen LogP contribution in [-0.2, 0) is 4.74 Å². The van der Waals surface area contributed by atoms with E-state index in [-0.39, 0.29) is 12.1 Å². The van der Waals surface area contributed by atoms with Crippen LogP contribution in [-0.4, -0.2) is 19.4 Å². The number of hydrogen-bond donors (Lipinski definition) is 0. The molecule has 0 spiro atoms. The zero-order chi connectivity index (χ0) is 14.3. The van der Waals surface area contributed by atoms with E-state index in [4.69, 9.17) is 4.74 Å². The summed E-state index contributed by atoms with van der Waals surface area (Å²) >= 11 is 0. The molecular formula is C19H22NO. The molecule has 1 aliphatic rings. The van der Waals surface area contributed by atoms with Crippen LogP contribution in [0.1, 0.15) is 36.3 Å². The number of benzene rings is 2. The van der Waals surface area contributed by atoms with Gasteiger partial charge in [-0.3, -0.25) is 0 Å². The van der Waals surface area contributed by atoms with Crippen molar-refractivity contribution in [3.8, 4) is 0 Å². The Bertz CT molecular complexity index is 480. The van der Waals surface area contributed by atoms with Gasteiger partial charge < -0.3 is 4.74 Å². The third-order valence-corrected chi connectivity index (χ3v) is 4.05. The van der Waals surface area contributed by atoms with Crippen molar-refractivity contribution in [1.82, 2.24) is 5.32 Å². The molecular weight excluding hydrogens is 258 g/mol. The number of ether oxygens (including phenoxy) is 1. The molecule has 3 rings (SSSR count). The largest absolute Gasteiger partial charge is 0.361 e. The van der Waals surface area contributed by atoms with Crippen LogP contribution in [0.3, 0.4) is 0 Å². The Kier molecular flexibility index (Phi) is 5.03. The molecule has 1 atom stereocenters. The van der Waals surface area contributed by atoms with E-state index in [9.17, 15) is 0 Å². The lowest BCUT2D eigenvalue weighted by Crippen LogP contribution is -2.31. The second kappa shape index (κ2) is 7.39. The zero-order valence-electron chi connectivity index (χ0n) is 12.3. The van der Waals surface area contributed by atoms with Crippen LogP contribution in [0.25, 0.3) is 0 Å². The minimum Gasteiger partial charge on any atom is -0.361 e. The molecule has 1 heterocycles. The predicted octanol–water partition coefficient (Wildman–Crippen LogP) is 3.95. The van der Waals surface area contributed by atoms with E-state index in [1.165, 1.54) is 24.0 Å². The van der Waals surface area contributed by atoms with Gasteiger partial charge in [0.1, 0.15) is 6.23 Å². The van der Waals surface area contributed by atoms with Crippen LogP contribution < -0.4 is 5.32 Å². The normalized spacial score (nSPS) is 18.8. The van der Waals surface area contributed by atoms with Gasteiger partial charge in [-0.15, -0.1) is 0 Å². The van der Waals surface area contributed by atoms with Gasteiger partial charge in [0.05, 0.1) is 6.61 Å². The maximum Gasteiger partial charge on any atom is 0.123 e. The number of nitrogens with zero attached hydrogens (tertiary/aromatic N) is 1. The smallest absolute Gasteiger partial charge is 0.123 e. The topological polar surface area (TPSA) is 23.3 Å². The summed E-state index contributed by atoms with van der Waals surface area (Å²) in [5.41, 5.74) is 2.61. The quantitative estimate of drug-likeness (QED) is 0.813. The highest BCUT2D eigenvalue weighted by Crippen LogP contribution is 2.25. The van der Waals surface area contributed by atoms with E-state index >= 15 is 0 Å². The van der Waals surface area contributed by atoms with E-state index < -0.39 is 0 Å². The Morgan fingerprint density at radius 2 is 1.52 bits per heavy atom. The van der Waals surface area contributed by atoms with E-state index in [2.05, 4.69) is 66.0 Å². The highest BCUT2D eigenvalue weighted by Gasteiger charge is 2.19. The Balaban J connectivity index is 1.73. The Morgan fingerprint density at radius 1 is 0.905 bits per heavy atom. The molecule has 1 fully saturated rings. The van der Waals surface area contributed by atoms with Gasteiger partial charge in [0, 0.05) is 12.5 Å². The maximum atomic E-state index is 6.09. The molecule has 1 saturated heterocycles. The average molecular weight is 280 g/mol. The van der Waals surface area contributed by atoms with E-state index in [0.29, 0.717) is 6.61 Å². The van der Waals surface area contributed by atoms with Crippen molar-refractivity contribution in [2.45, 2.75) is 31.4 Å². The lowest BCUT2D eigenvalue weighted by Gasteiger charge is -2.25. The lowest BCUT2D eigenvalue weighted by molar-refractivity contribution is 0.00587. The summed E-state index contributed by atoms with van der Waals surface area (Å²) < 4.78 is 6.09. The average Bonchev–Trinajstić information content (AvgIpc) is 2.58. The minimum atomic E-state index is 0.0914. The van der Waals surface area contributed by atoms with Crippen molar-refractivity contribution in [3.05, 3.63) is 71.8 Å². The number of rotatable bonds is 5. The fourth-order valence-electron chi connectivity index (χ4n) is 2.86. The predicted molar refractivity (Wildman–Crippen MR) is 85.3 cm³/mol. The third-order valence-electron chi connectivity index (χ3n) is 4.05. The van der Waals surface area contributed by atoms with E-state index in [1.807, 2.05) is 0 Å². The van der Waals surface area contributed by atoms with Gasteiger partial charge in [0.15, 0.2) is 0 Å². The van der Waals surface area contributed by atoms with Crippen molar-refractivity contribution >= 4 is 0 Å². The summed E-state index contributed by atoms with van der Waals surface area (Å²) in [4.78, 5) is 0. The van der Waals surface area contributed by atoms with Crippen LogP contribution in [0, 0.1) is 0 Å². The van der Waals surface area contributed by atoms with Gasteiger partial charge >= 0.3 is 0 Å². The molecule has 1 unspecified atom stereocenters. The molecule has 1 aliphatic heterocycles. The van der Waals surface area contributed by atoms with Crippen LogP contribution in [0.2, 0.25) is 0 Å². The maximum absolute atomic E-state index is 6.09. The second-order valence-electron chi connectivity index (χ2n) is 5.56. The fourth-order valence-corrected chi connectivity index (χ4v) is 2.86. The van der Waals surface area contributed by atoms with Gasteiger partial charge in [-0.1, -0.05) is 60.7 Å². The summed E-state index contributed by atoms with van der Waals surface area (Å²) in [5, 5.41) is 4.57. The molecule has 2 aromatic carbocycles. The molecule has 0 amide bonds. The molecule has 109 valence electrons. The van der Waals surface area contributed by atoms with Gasteiger partial charge in [-0.05, 0) is 30.4 Å². The van der Waals surface area contributed by atoms with Crippen LogP contribution in [0.5, 0.6) is 0 Å². The first-order chi connectivity index (χ1) is 10.4. The van der Waals surface area contributed by atoms with Crippen molar-refractivity contribution in [2.24, 2.45) is 0 Å². The number of hydrogen-bond acceptors (Lipinski definition) is 1. The Hall–Kier alpha value is -1.64. The van der Waals surface area contributed by atoms with Crippen molar-refractivity contribution in [2.75, 3.05) is 13.2 Å². The molecule has 2 nitrogen and oxygen atoms in total. The zero-order valence-corrected chi connectivity index (χ0v) is 12.3. The molecule has 0 bridgehead atoms. The van der Waals surface area contributed by atoms with Gasteiger partial charge in [-0.25, -0.2) is 5.32 Å². The van der Waals surface area contributed by atoms with Gasteiger partial charge in [0.2, 0.25) is 0 Å². The first-order valence-corrected chi connectivity index (χ1v) is 7.81. The monoisotopic (exact) mass is 280 g/mol. The third kappa shape index (κ3) is 3.93. The summed E-state index contributed by atoms with van der Waals surface area (Å²) in [6.45, 7) is 1.65. The van der Waals surface area contributed by atoms with Crippen molar-refractivity contribution in [3.63, 3.8) is 0 Å². The lowest BCUT2D eigenvalue weighted by atomic mass is 9.92. The standard InChI is InChI=1S/C19H22NO/c1-3-9-16(10-4-1)18(17-11-5-2-6-12-17)15-21-19-13-7-8-14-20-19/h1-6,9-12,18-19H,7-8,13-15H2. The highest BCUT2D eigenvalue weighted by atomic mass is 16.5. The van der Waals surface area contributed by atoms with Gasteiger partial charge in [-0.2, -0.15) is 0 Å². The van der Waals surface area contributed by atoms with Crippen LogP contribution in [0.4, 0.5) is 0 Å². The van der Waals surface area contributed by atoms with E-state index in [0.717, 1.165) is 13.0 Å². The van der Waals surface area contributed by atoms with Crippen LogP contribution >= 0.6 is 0 Å². The first kappa shape index (κ1) is 14.3. The molecule has 0 aliphatic carbocycles. The van der Waals surface area contributed by atoms with E-state index in [1.54, 1.807) is 0 Å². The summed E-state index contributed by atoms with van der Waals surface area (Å²) in [7, 11) is 0. The Labute approximate surface area is 127 Å². The fraction of sp³-hybridized carbons (Fsp3) is 0.368. The summed E-state index contributed by atoms with van der Waals surface area (Å²) in [5.74, 6) is 0.282. The number of piperidine rings is 1. The minimum absolute atomic E-state index is 0.0914.